The van der Waals surface area contributed by atoms with Crippen LogP contribution in [-0.4, -0.2) is 31.2 Å². The maximum atomic E-state index is 12.6. The molecule has 0 bridgehead atoms. The van der Waals surface area contributed by atoms with E-state index in [0.29, 0.717) is 34.3 Å². The quantitative estimate of drug-likeness (QED) is 0.661. The van der Waals surface area contributed by atoms with Gasteiger partial charge in [0, 0.05) is 11.9 Å². The number of nitrogens with zero attached hydrogens (tertiary/aromatic N) is 4. The van der Waals surface area contributed by atoms with E-state index in [1.54, 1.807) is 31.2 Å². The van der Waals surface area contributed by atoms with Crippen LogP contribution in [0.15, 0.2) is 29.1 Å². The Morgan fingerprint density at radius 2 is 1.85 bits per heavy atom. The van der Waals surface area contributed by atoms with Gasteiger partial charge in [-0.05, 0) is 30.9 Å². The van der Waals surface area contributed by atoms with Gasteiger partial charge in [-0.2, -0.15) is 5.10 Å². The molecule has 3 aromatic rings. The van der Waals surface area contributed by atoms with E-state index in [0.717, 1.165) is 11.5 Å². The van der Waals surface area contributed by atoms with Crippen molar-refractivity contribution in [1.82, 2.24) is 30.2 Å². The molecule has 0 atom stereocenters. The summed E-state index contributed by atoms with van der Waals surface area (Å²) < 4.78 is 4.94. The van der Waals surface area contributed by atoms with Crippen LogP contribution in [-0.2, 0) is 6.54 Å². The number of hydrogen-bond donors (Lipinski definition) is 2. The maximum Gasteiger partial charge on any atom is 0.290 e. The molecule has 3 rings (SSSR count). The first-order chi connectivity index (χ1) is 12.5. The average molecular weight is 372 g/mol. The zero-order valence-corrected chi connectivity index (χ0v) is 15.0. The Hall–Kier alpha value is -3.14. The van der Waals surface area contributed by atoms with E-state index in [-0.39, 0.29) is 11.3 Å². The van der Waals surface area contributed by atoms with Crippen molar-refractivity contribution in [2.24, 2.45) is 0 Å². The van der Waals surface area contributed by atoms with Crippen LogP contribution < -0.4 is 16.4 Å². The third-order valence-corrected chi connectivity index (χ3v) is 4.49. The van der Waals surface area contributed by atoms with Gasteiger partial charge in [0.1, 0.15) is 4.88 Å². The van der Waals surface area contributed by atoms with Gasteiger partial charge in [0.05, 0.1) is 11.1 Å². The zero-order valence-electron chi connectivity index (χ0n) is 14.1. The summed E-state index contributed by atoms with van der Waals surface area (Å²) >= 11 is 0.933. The van der Waals surface area contributed by atoms with Gasteiger partial charge in [-0.15, -0.1) is 5.10 Å². The van der Waals surface area contributed by atoms with Crippen LogP contribution in [0.2, 0.25) is 0 Å². The normalized spacial score (nSPS) is 10.7. The van der Waals surface area contributed by atoms with Crippen LogP contribution in [0.4, 0.5) is 0 Å². The first-order valence-corrected chi connectivity index (χ1v) is 8.69. The largest absolute Gasteiger partial charge is 0.290 e. The van der Waals surface area contributed by atoms with Crippen molar-refractivity contribution in [3.63, 3.8) is 0 Å². The number of hydrogen-bond acceptors (Lipinski definition) is 7. The molecular weight excluding hydrogens is 356 g/mol. The summed E-state index contributed by atoms with van der Waals surface area (Å²) in [6.07, 6.45) is 0.695. The number of aromatic nitrogens is 4. The molecule has 2 aromatic heterocycles. The molecule has 0 aliphatic rings. The third-order valence-electron chi connectivity index (χ3n) is 3.67. The van der Waals surface area contributed by atoms with Crippen LogP contribution in [0.3, 0.4) is 0 Å². The van der Waals surface area contributed by atoms with E-state index in [4.69, 9.17) is 0 Å². The van der Waals surface area contributed by atoms with Crippen LogP contribution in [0.1, 0.15) is 39.2 Å². The Balaban J connectivity index is 1.90. The van der Waals surface area contributed by atoms with Gasteiger partial charge in [0.15, 0.2) is 5.69 Å². The van der Waals surface area contributed by atoms with Crippen LogP contribution in [0.5, 0.6) is 0 Å². The Bertz CT molecular complexity index is 1040. The van der Waals surface area contributed by atoms with Crippen LogP contribution >= 0.6 is 11.5 Å². The highest BCUT2D eigenvalue weighted by Crippen LogP contribution is 2.13. The molecule has 2 heterocycles. The van der Waals surface area contributed by atoms with Gasteiger partial charge in [0.25, 0.3) is 17.4 Å². The van der Waals surface area contributed by atoms with Gasteiger partial charge >= 0.3 is 0 Å². The van der Waals surface area contributed by atoms with E-state index in [1.807, 2.05) is 6.92 Å². The predicted octanol–water partition coefficient (Wildman–Crippen LogP) is 1.04. The molecule has 26 heavy (non-hydrogen) atoms. The van der Waals surface area contributed by atoms with E-state index < -0.39 is 11.8 Å². The number of fused-ring (bicyclic) bond motifs is 1. The van der Waals surface area contributed by atoms with Crippen molar-refractivity contribution in [1.29, 1.82) is 0 Å². The molecule has 0 aliphatic carbocycles. The average Bonchev–Trinajstić information content (AvgIpc) is 3.08. The second kappa shape index (κ2) is 7.40. The summed E-state index contributed by atoms with van der Waals surface area (Å²) in [4.78, 5) is 37.4. The van der Waals surface area contributed by atoms with Crippen molar-refractivity contribution in [2.45, 2.75) is 26.8 Å². The molecule has 2 N–H and O–H groups in total. The number of nitrogens with one attached hydrogen (secondary N) is 2. The van der Waals surface area contributed by atoms with E-state index >= 15 is 0 Å². The zero-order chi connectivity index (χ0) is 18.7. The summed E-state index contributed by atoms with van der Waals surface area (Å²) in [5.41, 5.74) is 4.93. The summed E-state index contributed by atoms with van der Waals surface area (Å²) in [7, 11) is 0. The number of benzene rings is 1. The highest BCUT2D eigenvalue weighted by molar-refractivity contribution is 7.07. The Labute approximate surface area is 152 Å². The number of carbonyl (C=O) groups is 2. The Morgan fingerprint density at radius 3 is 2.50 bits per heavy atom. The number of amides is 2. The predicted molar refractivity (Wildman–Crippen MR) is 95.9 cm³/mol. The second-order valence-corrected chi connectivity index (χ2v) is 6.27. The lowest BCUT2D eigenvalue weighted by atomic mass is 10.1. The van der Waals surface area contributed by atoms with Gasteiger partial charge in [-0.3, -0.25) is 25.2 Å². The van der Waals surface area contributed by atoms with E-state index in [2.05, 4.69) is 25.5 Å². The second-order valence-electron chi connectivity index (χ2n) is 5.52. The van der Waals surface area contributed by atoms with Gasteiger partial charge < -0.3 is 0 Å². The number of aryl methyl sites for hydroxylation is 2. The fraction of sp³-hybridized carbons (Fsp3) is 0.250. The number of carbonyl (C=O) groups excluding carboxylic acids is 2. The molecule has 0 fully saturated rings. The molecule has 9 nitrogen and oxygen atoms in total. The van der Waals surface area contributed by atoms with Crippen LogP contribution in [0.25, 0.3) is 10.8 Å². The highest BCUT2D eigenvalue weighted by atomic mass is 32.1. The van der Waals surface area contributed by atoms with Crippen molar-refractivity contribution < 1.29 is 9.59 Å². The van der Waals surface area contributed by atoms with Gasteiger partial charge in [-0.1, -0.05) is 29.6 Å². The van der Waals surface area contributed by atoms with Gasteiger partial charge in [0.2, 0.25) is 0 Å². The molecular formula is C16H16N6O3S. The monoisotopic (exact) mass is 372 g/mol. The number of hydrazine groups is 1. The Morgan fingerprint density at radius 1 is 1.15 bits per heavy atom. The topological polar surface area (TPSA) is 119 Å². The van der Waals surface area contributed by atoms with Gasteiger partial charge in [-0.25, -0.2) is 4.68 Å². The molecule has 0 saturated carbocycles. The Kier molecular flexibility index (Phi) is 5.03. The fourth-order valence-corrected chi connectivity index (χ4v) is 2.99. The minimum Gasteiger partial charge on any atom is -0.267 e. The minimum atomic E-state index is -0.616. The van der Waals surface area contributed by atoms with Crippen molar-refractivity contribution in [2.75, 3.05) is 0 Å². The maximum absolute atomic E-state index is 12.6. The molecule has 134 valence electrons. The molecule has 0 radical (unpaired) electrons. The van der Waals surface area contributed by atoms with E-state index in [1.165, 1.54) is 4.68 Å². The summed E-state index contributed by atoms with van der Waals surface area (Å²) in [5.74, 6) is -1.13. The standard InChI is InChI=1S/C16H16N6O3S/c1-3-8-22-16(25)11-7-5-4-6-10(11)12(20-22)14(23)18-19-15(24)13-9(2)17-21-26-13/h4-7H,3,8H2,1-2H3,(H,18,23)(H,19,24). The lowest BCUT2D eigenvalue weighted by molar-refractivity contribution is 0.0845. The molecule has 0 saturated heterocycles. The van der Waals surface area contributed by atoms with Crippen molar-refractivity contribution in [3.8, 4) is 0 Å². The molecule has 10 heteroatoms. The smallest absolute Gasteiger partial charge is 0.267 e. The summed E-state index contributed by atoms with van der Waals surface area (Å²) in [6.45, 7) is 3.95. The minimum absolute atomic E-state index is 0.0631. The SMILES string of the molecule is CCCn1nc(C(=O)NNC(=O)c2snnc2C)c2ccccc2c1=O. The third kappa shape index (κ3) is 3.31. The highest BCUT2D eigenvalue weighted by Gasteiger charge is 2.18. The summed E-state index contributed by atoms with van der Waals surface area (Å²) in [6, 6.07) is 6.74. The molecule has 2 amide bonds. The van der Waals surface area contributed by atoms with Crippen molar-refractivity contribution >= 4 is 34.1 Å². The number of rotatable bonds is 4. The molecule has 0 aliphatic heterocycles. The first-order valence-electron chi connectivity index (χ1n) is 7.92. The van der Waals surface area contributed by atoms with Crippen LogP contribution in [0, 0.1) is 6.92 Å². The lowest BCUT2D eigenvalue weighted by Gasteiger charge is -2.11. The van der Waals surface area contributed by atoms with E-state index in [9.17, 15) is 14.4 Å². The molecule has 0 spiro atoms. The first kappa shape index (κ1) is 17.7. The lowest BCUT2D eigenvalue weighted by Crippen LogP contribution is -2.42. The van der Waals surface area contributed by atoms with Crippen molar-refractivity contribution in [3.05, 3.63) is 50.9 Å². The molecule has 1 aromatic carbocycles. The fourth-order valence-electron chi connectivity index (χ4n) is 2.44. The molecule has 0 unspecified atom stereocenters. The summed E-state index contributed by atoms with van der Waals surface area (Å²) in [5, 5.41) is 8.74.